The molecule has 2 aromatic rings. The number of aromatic amines is 1. The molecular weight excluding hydrogens is 300 g/mol. The number of hydrogen-bond donors (Lipinski definition) is 3. The van der Waals surface area contributed by atoms with Crippen molar-refractivity contribution >= 4 is 23.5 Å². The lowest BCUT2D eigenvalue weighted by Gasteiger charge is -2.26. The third-order valence-corrected chi connectivity index (χ3v) is 3.59. The Morgan fingerprint density at radius 2 is 2.30 bits per heavy atom. The van der Waals surface area contributed by atoms with Crippen molar-refractivity contribution < 1.29 is 14.3 Å². The van der Waals surface area contributed by atoms with Crippen LogP contribution in [-0.4, -0.2) is 40.7 Å². The van der Waals surface area contributed by atoms with Crippen LogP contribution in [0.1, 0.15) is 29.1 Å². The topological polar surface area (TPSA) is 126 Å². The Bertz CT molecular complexity index is 772. The molecule has 0 fully saturated rings. The molecule has 1 aliphatic rings. The minimum atomic E-state index is -0.390. The number of hydrogen-bond acceptors (Lipinski definition) is 6. The molecule has 23 heavy (non-hydrogen) atoms. The molecule has 1 aliphatic heterocycles. The molecule has 1 aromatic heterocycles. The van der Waals surface area contributed by atoms with Gasteiger partial charge in [0.1, 0.15) is 11.6 Å². The number of nitrogens with zero attached hydrogens (tertiary/aromatic N) is 3. The molecule has 2 heterocycles. The molecule has 1 aromatic carbocycles. The summed E-state index contributed by atoms with van der Waals surface area (Å²) in [5, 5.41) is 9.16. The van der Waals surface area contributed by atoms with Crippen molar-refractivity contribution in [3.8, 4) is 5.75 Å². The number of nitrogens with one attached hydrogen (secondary N) is 2. The first-order valence-electron chi connectivity index (χ1n) is 6.97. The molecule has 0 unspecified atom stereocenters. The van der Waals surface area contributed by atoms with Crippen LogP contribution in [0.25, 0.3) is 0 Å². The number of benzene rings is 1. The molecule has 120 valence electrons. The third kappa shape index (κ3) is 2.80. The van der Waals surface area contributed by atoms with Crippen molar-refractivity contribution in [2.45, 2.75) is 13.0 Å². The van der Waals surface area contributed by atoms with Crippen LogP contribution < -0.4 is 20.7 Å². The highest BCUT2D eigenvalue weighted by molar-refractivity contribution is 6.01. The minimum Gasteiger partial charge on any atom is -0.482 e. The number of amides is 2. The lowest BCUT2D eigenvalue weighted by Crippen LogP contribution is -2.36. The summed E-state index contributed by atoms with van der Waals surface area (Å²) in [6, 6.07) is 4.53. The second-order valence-corrected chi connectivity index (χ2v) is 5.20. The average Bonchev–Trinajstić information content (AvgIpc) is 2.97. The van der Waals surface area contributed by atoms with Crippen LogP contribution in [0.15, 0.2) is 18.2 Å². The zero-order valence-corrected chi connectivity index (χ0v) is 12.7. The normalized spacial score (nSPS) is 14.9. The van der Waals surface area contributed by atoms with Crippen molar-refractivity contribution in [1.82, 2.24) is 20.5 Å². The number of aromatic nitrogens is 3. The number of ether oxygens (including phenoxy) is 1. The first-order valence-corrected chi connectivity index (χ1v) is 6.97. The number of likely N-dealkylation sites (N-methyl/N-ethyl adjacent to an activating group) is 1. The Labute approximate surface area is 131 Å². The van der Waals surface area contributed by atoms with Gasteiger partial charge in [0.2, 0.25) is 5.95 Å². The van der Waals surface area contributed by atoms with Gasteiger partial charge in [-0.1, -0.05) is 0 Å². The molecule has 0 saturated carbocycles. The van der Waals surface area contributed by atoms with E-state index in [0.29, 0.717) is 22.8 Å². The fourth-order valence-corrected chi connectivity index (χ4v) is 2.24. The van der Waals surface area contributed by atoms with E-state index in [1.165, 1.54) is 4.90 Å². The van der Waals surface area contributed by atoms with Crippen LogP contribution >= 0.6 is 0 Å². The van der Waals surface area contributed by atoms with E-state index in [1.54, 1.807) is 32.2 Å². The molecule has 3 rings (SSSR count). The second-order valence-electron chi connectivity index (χ2n) is 5.20. The zero-order valence-electron chi connectivity index (χ0n) is 12.7. The smallest absolute Gasteiger partial charge is 0.264 e. The van der Waals surface area contributed by atoms with E-state index < -0.39 is 0 Å². The van der Waals surface area contributed by atoms with Gasteiger partial charge < -0.3 is 20.7 Å². The van der Waals surface area contributed by atoms with Crippen LogP contribution in [0.2, 0.25) is 0 Å². The van der Waals surface area contributed by atoms with Crippen LogP contribution in [0, 0.1) is 0 Å². The quantitative estimate of drug-likeness (QED) is 0.744. The molecule has 2 amide bonds. The predicted molar refractivity (Wildman–Crippen MR) is 82.0 cm³/mol. The van der Waals surface area contributed by atoms with Gasteiger partial charge in [0, 0.05) is 12.6 Å². The first-order chi connectivity index (χ1) is 11.0. The highest BCUT2D eigenvalue weighted by atomic mass is 16.5. The van der Waals surface area contributed by atoms with Gasteiger partial charge in [0.15, 0.2) is 6.61 Å². The van der Waals surface area contributed by atoms with Gasteiger partial charge in [-0.2, -0.15) is 4.98 Å². The second kappa shape index (κ2) is 5.59. The molecule has 0 aliphatic carbocycles. The van der Waals surface area contributed by atoms with Crippen molar-refractivity contribution in [3.05, 3.63) is 29.6 Å². The van der Waals surface area contributed by atoms with E-state index in [1.807, 2.05) is 0 Å². The highest BCUT2D eigenvalue weighted by Crippen LogP contribution is 2.32. The van der Waals surface area contributed by atoms with Gasteiger partial charge in [-0.3, -0.25) is 14.7 Å². The molecule has 0 bridgehead atoms. The van der Waals surface area contributed by atoms with E-state index >= 15 is 0 Å². The molecule has 9 heteroatoms. The lowest BCUT2D eigenvalue weighted by atomic mass is 10.1. The maximum Gasteiger partial charge on any atom is 0.264 e. The zero-order chi connectivity index (χ0) is 16.6. The number of fused-ring (bicyclic) bond motifs is 1. The van der Waals surface area contributed by atoms with Crippen molar-refractivity contribution in [1.29, 1.82) is 0 Å². The first kappa shape index (κ1) is 14.8. The third-order valence-electron chi connectivity index (χ3n) is 3.59. The standard InChI is InChI=1S/C14H16N6O3/c1-7(12-17-14(15)19-18-12)16-13(22)8-3-4-10-9(5-8)20(2)11(21)6-23-10/h3-5,7H,6H2,1-2H3,(H,16,22)(H3,15,17,18,19)/t7-/m0/s1. The lowest BCUT2D eigenvalue weighted by molar-refractivity contribution is -0.120. The molecule has 1 atom stereocenters. The van der Waals surface area contributed by atoms with E-state index in [4.69, 9.17) is 10.5 Å². The molecule has 0 radical (unpaired) electrons. The van der Waals surface area contributed by atoms with Gasteiger partial charge in [0.25, 0.3) is 11.8 Å². The van der Waals surface area contributed by atoms with Gasteiger partial charge >= 0.3 is 0 Å². The highest BCUT2D eigenvalue weighted by Gasteiger charge is 2.24. The summed E-state index contributed by atoms with van der Waals surface area (Å²) >= 11 is 0. The van der Waals surface area contributed by atoms with Gasteiger partial charge in [-0.15, -0.1) is 5.10 Å². The predicted octanol–water partition coefficient (Wildman–Crippen LogP) is 0.233. The Hall–Kier alpha value is -3.10. The Kier molecular flexibility index (Phi) is 3.61. The van der Waals surface area contributed by atoms with E-state index in [0.717, 1.165) is 0 Å². The van der Waals surface area contributed by atoms with Crippen molar-refractivity contribution in [2.24, 2.45) is 0 Å². The van der Waals surface area contributed by atoms with Crippen molar-refractivity contribution in [3.63, 3.8) is 0 Å². The van der Waals surface area contributed by atoms with Crippen LogP contribution in [0.3, 0.4) is 0 Å². The molecule has 9 nitrogen and oxygen atoms in total. The number of rotatable bonds is 3. The number of nitrogen functional groups attached to an aromatic ring is 1. The summed E-state index contributed by atoms with van der Waals surface area (Å²) in [7, 11) is 1.64. The van der Waals surface area contributed by atoms with E-state index in [9.17, 15) is 9.59 Å². The van der Waals surface area contributed by atoms with E-state index in [2.05, 4.69) is 20.5 Å². The summed E-state index contributed by atoms with van der Waals surface area (Å²) in [4.78, 5) is 29.5. The average molecular weight is 316 g/mol. The van der Waals surface area contributed by atoms with Gasteiger partial charge in [-0.05, 0) is 25.1 Å². The number of anilines is 2. The fraction of sp³-hybridized carbons (Fsp3) is 0.286. The van der Waals surface area contributed by atoms with Crippen LogP contribution in [0.5, 0.6) is 5.75 Å². The van der Waals surface area contributed by atoms with Crippen LogP contribution in [-0.2, 0) is 4.79 Å². The van der Waals surface area contributed by atoms with Gasteiger partial charge in [0.05, 0.1) is 11.7 Å². The largest absolute Gasteiger partial charge is 0.482 e. The van der Waals surface area contributed by atoms with Gasteiger partial charge in [-0.25, -0.2) is 0 Å². The summed E-state index contributed by atoms with van der Waals surface area (Å²) in [6.45, 7) is 1.76. The number of H-pyrrole nitrogens is 1. The summed E-state index contributed by atoms with van der Waals surface area (Å²) < 4.78 is 5.33. The minimum absolute atomic E-state index is 0.000999. The Balaban J connectivity index is 1.79. The summed E-state index contributed by atoms with van der Waals surface area (Å²) in [5.41, 5.74) is 6.42. The Morgan fingerprint density at radius 1 is 1.52 bits per heavy atom. The molecule has 4 N–H and O–H groups in total. The van der Waals surface area contributed by atoms with E-state index in [-0.39, 0.29) is 30.4 Å². The molecular formula is C14H16N6O3. The SMILES string of the molecule is C[C@H](NC(=O)c1ccc2c(c1)N(C)C(=O)CO2)c1nc(N)n[nH]1. The number of nitrogens with two attached hydrogens (primary N) is 1. The molecule has 0 spiro atoms. The maximum atomic E-state index is 12.4. The summed E-state index contributed by atoms with van der Waals surface area (Å²) in [6.07, 6.45) is 0. The number of carbonyl (C=O) groups is 2. The monoisotopic (exact) mass is 316 g/mol. The number of carbonyl (C=O) groups excluding carboxylic acids is 2. The fourth-order valence-electron chi connectivity index (χ4n) is 2.24. The molecule has 0 saturated heterocycles. The summed E-state index contributed by atoms with van der Waals surface area (Å²) in [5.74, 6) is 0.679. The van der Waals surface area contributed by atoms with Crippen LogP contribution in [0.4, 0.5) is 11.6 Å². The van der Waals surface area contributed by atoms with Crippen molar-refractivity contribution in [2.75, 3.05) is 24.3 Å². The maximum absolute atomic E-state index is 12.4. The Morgan fingerprint density at radius 3 is 3.00 bits per heavy atom.